The van der Waals surface area contributed by atoms with Gasteiger partial charge in [0, 0.05) is 6.07 Å². The fourth-order valence-electron chi connectivity index (χ4n) is 0.838. The summed E-state index contributed by atoms with van der Waals surface area (Å²) in [7, 11) is 0. The van der Waals surface area contributed by atoms with Crippen molar-refractivity contribution in [3.8, 4) is 0 Å². The smallest absolute Gasteiger partial charge is 0.151 e. The van der Waals surface area contributed by atoms with Gasteiger partial charge in [-0.05, 0) is 6.92 Å². The molecule has 0 fully saturated rings. The first-order valence-electron chi connectivity index (χ1n) is 2.71. The van der Waals surface area contributed by atoms with E-state index in [1.54, 1.807) is 10.8 Å². The molecule has 0 aliphatic carbocycles. The quantitative estimate of drug-likeness (QED) is 0.548. The van der Waals surface area contributed by atoms with E-state index in [0.29, 0.717) is 0 Å². The predicted molar refractivity (Wildman–Crippen MR) is 32.1 cm³/mol. The summed E-state index contributed by atoms with van der Waals surface area (Å²) in [5, 5.41) is 10.7. The molecule has 0 bridgehead atoms. The number of rotatable bonds is 0. The average molecular weight is 122 g/mol. The van der Waals surface area contributed by atoms with Crippen LogP contribution in [0.15, 0.2) is 12.4 Å². The molecule has 0 amide bonds. The molecule has 9 heavy (non-hydrogen) atoms. The van der Waals surface area contributed by atoms with Crippen molar-refractivity contribution in [1.82, 2.24) is 19.8 Å². The van der Waals surface area contributed by atoms with Crippen LogP contribution in [0.5, 0.6) is 0 Å². The van der Waals surface area contributed by atoms with Gasteiger partial charge >= 0.3 is 0 Å². The Hall–Kier alpha value is -1.32. The Morgan fingerprint density at radius 3 is 3.33 bits per heavy atom. The summed E-state index contributed by atoms with van der Waals surface area (Å²) >= 11 is 0. The predicted octanol–water partition coefficient (Wildman–Crippen LogP) is 0.366. The van der Waals surface area contributed by atoms with Crippen LogP contribution in [0.4, 0.5) is 0 Å². The molecule has 46 valence electrons. The normalized spacial score (nSPS) is 10.8. The molecule has 0 saturated carbocycles. The zero-order chi connectivity index (χ0) is 6.27. The third kappa shape index (κ3) is 0.526. The minimum atomic E-state index is 0.938. The first kappa shape index (κ1) is 4.55. The highest BCUT2D eigenvalue weighted by Crippen LogP contribution is 1.98. The molecule has 0 saturated heterocycles. The van der Waals surface area contributed by atoms with Gasteiger partial charge in [0.05, 0.1) is 5.69 Å². The van der Waals surface area contributed by atoms with Gasteiger partial charge in [-0.25, -0.2) is 4.52 Å². The van der Waals surface area contributed by atoms with Gasteiger partial charge in [0.25, 0.3) is 0 Å². The fraction of sp³-hybridized carbons (Fsp3) is 0.200. The van der Waals surface area contributed by atoms with E-state index >= 15 is 0 Å². The van der Waals surface area contributed by atoms with Gasteiger partial charge in [-0.1, -0.05) is 0 Å². The molecular formula is C5H6N4. The summed E-state index contributed by atoms with van der Waals surface area (Å²) in [6.07, 6.45) is 1.64. The summed E-state index contributed by atoms with van der Waals surface area (Å²) in [6.45, 7) is 1.95. The Labute approximate surface area is 51.5 Å². The number of fused-ring (bicyclic) bond motifs is 1. The van der Waals surface area contributed by atoms with Crippen molar-refractivity contribution in [2.45, 2.75) is 6.92 Å². The molecule has 0 atom stereocenters. The van der Waals surface area contributed by atoms with Crippen molar-refractivity contribution in [3.05, 3.63) is 18.1 Å². The molecule has 1 N–H and O–H groups in total. The molecule has 0 radical (unpaired) electrons. The summed E-state index contributed by atoms with van der Waals surface area (Å²) in [5.41, 5.74) is 1.94. The lowest BCUT2D eigenvalue weighted by Crippen LogP contribution is -1.78. The van der Waals surface area contributed by atoms with Gasteiger partial charge in [0.15, 0.2) is 5.65 Å². The van der Waals surface area contributed by atoms with Gasteiger partial charge in [-0.2, -0.15) is 10.2 Å². The summed E-state index contributed by atoms with van der Waals surface area (Å²) in [6, 6.07) is 1.94. The van der Waals surface area contributed by atoms with E-state index in [4.69, 9.17) is 0 Å². The monoisotopic (exact) mass is 122 g/mol. The van der Waals surface area contributed by atoms with Gasteiger partial charge in [-0.15, -0.1) is 0 Å². The Morgan fingerprint density at radius 1 is 1.67 bits per heavy atom. The second-order valence-electron chi connectivity index (χ2n) is 1.97. The van der Waals surface area contributed by atoms with Crippen LogP contribution in [0.1, 0.15) is 5.69 Å². The third-order valence-electron chi connectivity index (χ3n) is 1.20. The number of H-pyrrole nitrogens is 1. The average Bonchev–Trinajstić information content (AvgIpc) is 2.22. The Morgan fingerprint density at radius 2 is 2.56 bits per heavy atom. The van der Waals surface area contributed by atoms with Crippen molar-refractivity contribution in [2.75, 3.05) is 0 Å². The van der Waals surface area contributed by atoms with Crippen LogP contribution in [0.25, 0.3) is 5.65 Å². The van der Waals surface area contributed by atoms with Crippen LogP contribution in [-0.4, -0.2) is 19.8 Å². The van der Waals surface area contributed by atoms with Crippen molar-refractivity contribution < 1.29 is 0 Å². The van der Waals surface area contributed by atoms with Crippen molar-refractivity contribution in [3.63, 3.8) is 0 Å². The van der Waals surface area contributed by atoms with Crippen molar-refractivity contribution in [2.24, 2.45) is 0 Å². The molecule has 2 rings (SSSR count). The molecule has 0 unspecified atom stereocenters. The highest BCUT2D eigenvalue weighted by atomic mass is 15.3. The van der Waals surface area contributed by atoms with E-state index in [-0.39, 0.29) is 0 Å². The Bertz CT molecular complexity index is 290. The maximum absolute atomic E-state index is 4.10. The van der Waals surface area contributed by atoms with Crippen LogP contribution in [0, 0.1) is 6.92 Å². The molecule has 0 aliphatic heterocycles. The van der Waals surface area contributed by atoms with E-state index in [9.17, 15) is 0 Å². The first-order chi connectivity index (χ1) is 4.36. The highest BCUT2D eigenvalue weighted by Gasteiger charge is 1.94. The second-order valence-corrected chi connectivity index (χ2v) is 1.97. The van der Waals surface area contributed by atoms with Gasteiger partial charge in [0.1, 0.15) is 6.33 Å². The highest BCUT2D eigenvalue weighted by molar-refractivity contribution is 5.36. The lowest BCUT2D eigenvalue weighted by molar-refractivity contribution is 0.928. The van der Waals surface area contributed by atoms with Gasteiger partial charge < -0.3 is 0 Å². The maximum atomic E-state index is 4.10. The molecule has 4 heteroatoms. The summed E-state index contributed by atoms with van der Waals surface area (Å²) < 4.78 is 1.70. The molecule has 2 aromatic rings. The number of hydrogen-bond donors (Lipinski definition) is 1. The maximum Gasteiger partial charge on any atom is 0.151 e. The Kier molecular flexibility index (Phi) is 0.677. The molecule has 2 aromatic heterocycles. The largest absolute Gasteiger partial charge is 0.260 e. The van der Waals surface area contributed by atoms with E-state index in [1.807, 2.05) is 13.0 Å². The number of hydrogen-bond acceptors (Lipinski definition) is 2. The first-order valence-corrected chi connectivity index (χ1v) is 2.71. The number of nitrogens with one attached hydrogen (secondary N) is 1. The lowest BCUT2D eigenvalue weighted by atomic mass is 10.5. The van der Waals surface area contributed by atoms with E-state index in [2.05, 4.69) is 15.3 Å². The van der Waals surface area contributed by atoms with Crippen LogP contribution in [0.3, 0.4) is 0 Å². The standard InChI is InChI=1S/C5H6N4/c1-4-2-5-7-6-3-9(5)8-4/h2-3,7H,1H3. The molecule has 0 aliphatic rings. The minimum Gasteiger partial charge on any atom is -0.260 e. The number of aromatic amines is 1. The lowest BCUT2D eigenvalue weighted by Gasteiger charge is -1.72. The molecule has 0 aromatic carbocycles. The van der Waals surface area contributed by atoms with Crippen molar-refractivity contribution >= 4 is 5.65 Å². The van der Waals surface area contributed by atoms with E-state index in [1.165, 1.54) is 0 Å². The zero-order valence-corrected chi connectivity index (χ0v) is 5.00. The zero-order valence-electron chi connectivity index (χ0n) is 5.00. The SMILES string of the molecule is Cc1cc2[nH]ncn2n1. The summed E-state index contributed by atoms with van der Waals surface area (Å²) in [5.74, 6) is 0. The topological polar surface area (TPSA) is 46.0 Å². The number of aryl methyl sites for hydroxylation is 1. The van der Waals surface area contributed by atoms with E-state index in [0.717, 1.165) is 11.3 Å². The summed E-state index contributed by atoms with van der Waals surface area (Å²) in [4.78, 5) is 0. The van der Waals surface area contributed by atoms with Gasteiger partial charge in [-0.3, -0.25) is 5.10 Å². The van der Waals surface area contributed by atoms with E-state index < -0.39 is 0 Å². The number of aromatic nitrogens is 4. The molecule has 2 heterocycles. The second kappa shape index (κ2) is 1.34. The van der Waals surface area contributed by atoms with Crippen LogP contribution >= 0.6 is 0 Å². The van der Waals surface area contributed by atoms with Crippen LogP contribution in [-0.2, 0) is 0 Å². The molecular weight excluding hydrogens is 116 g/mol. The van der Waals surface area contributed by atoms with Crippen LogP contribution in [0.2, 0.25) is 0 Å². The van der Waals surface area contributed by atoms with Crippen molar-refractivity contribution in [1.29, 1.82) is 0 Å². The molecule has 0 spiro atoms. The third-order valence-corrected chi connectivity index (χ3v) is 1.20. The molecule has 4 nitrogen and oxygen atoms in total. The number of nitrogens with zero attached hydrogens (tertiary/aromatic N) is 3. The Balaban J connectivity index is 2.92. The van der Waals surface area contributed by atoms with Crippen LogP contribution < -0.4 is 0 Å². The minimum absolute atomic E-state index is 0.938. The fourth-order valence-corrected chi connectivity index (χ4v) is 0.838. The van der Waals surface area contributed by atoms with Gasteiger partial charge in [0.2, 0.25) is 0 Å².